The molecular formula is C22H44N4O2. The van der Waals surface area contributed by atoms with Gasteiger partial charge in [-0.2, -0.15) is 0 Å². The fraction of sp³-hybridized carbons (Fsp3) is 0.955. The van der Waals surface area contributed by atoms with Crippen LogP contribution >= 0.6 is 0 Å². The molecule has 6 nitrogen and oxygen atoms in total. The molecule has 2 aliphatic heterocycles. The Morgan fingerprint density at radius 1 is 1.21 bits per heavy atom. The molecule has 28 heavy (non-hydrogen) atoms. The first-order chi connectivity index (χ1) is 13.3. The SMILES string of the molecule is CN=C(NCC1CCCOC1C(C)(C)C)NC1CCN(CCOC(C)C)CC1. The van der Waals surface area contributed by atoms with E-state index in [4.69, 9.17) is 9.47 Å². The number of piperidine rings is 1. The second kappa shape index (κ2) is 11.4. The zero-order valence-electron chi connectivity index (χ0n) is 19.1. The van der Waals surface area contributed by atoms with Crippen molar-refractivity contribution in [2.24, 2.45) is 16.3 Å². The molecule has 0 spiro atoms. The van der Waals surface area contributed by atoms with Gasteiger partial charge < -0.3 is 25.0 Å². The summed E-state index contributed by atoms with van der Waals surface area (Å²) in [6, 6.07) is 0.495. The Bertz CT molecular complexity index is 468. The number of rotatable bonds is 7. The van der Waals surface area contributed by atoms with Crippen LogP contribution in [0.1, 0.15) is 60.3 Å². The van der Waals surface area contributed by atoms with E-state index in [1.165, 1.54) is 6.42 Å². The molecule has 2 aliphatic rings. The predicted octanol–water partition coefficient (Wildman–Crippen LogP) is 2.88. The van der Waals surface area contributed by atoms with Crippen LogP contribution in [0.4, 0.5) is 0 Å². The highest BCUT2D eigenvalue weighted by Gasteiger charge is 2.35. The molecule has 0 aliphatic carbocycles. The summed E-state index contributed by atoms with van der Waals surface area (Å²) in [5.41, 5.74) is 0.176. The Morgan fingerprint density at radius 3 is 2.54 bits per heavy atom. The molecule has 2 N–H and O–H groups in total. The van der Waals surface area contributed by atoms with Crippen LogP contribution in [0.3, 0.4) is 0 Å². The summed E-state index contributed by atoms with van der Waals surface area (Å²) >= 11 is 0. The summed E-state index contributed by atoms with van der Waals surface area (Å²) in [7, 11) is 1.87. The van der Waals surface area contributed by atoms with Crippen LogP contribution < -0.4 is 10.6 Å². The van der Waals surface area contributed by atoms with Crippen molar-refractivity contribution < 1.29 is 9.47 Å². The molecule has 0 amide bonds. The molecule has 0 aromatic rings. The molecule has 2 saturated heterocycles. The van der Waals surface area contributed by atoms with Crippen molar-refractivity contribution in [3.63, 3.8) is 0 Å². The number of hydrogen-bond donors (Lipinski definition) is 2. The maximum Gasteiger partial charge on any atom is 0.191 e. The van der Waals surface area contributed by atoms with Crippen molar-refractivity contribution in [1.29, 1.82) is 0 Å². The van der Waals surface area contributed by atoms with Crippen LogP contribution in [0.15, 0.2) is 4.99 Å². The fourth-order valence-corrected chi connectivity index (χ4v) is 4.34. The monoisotopic (exact) mass is 396 g/mol. The maximum atomic E-state index is 6.11. The van der Waals surface area contributed by atoms with Crippen LogP contribution in [0, 0.1) is 11.3 Å². The van der Waals surface area contributed by atoms with Gasteiger partial charge >= 0.3 is 0 Å². The van der Waals surface area contributed by atoms with Gasteiger partial charge in [0.15, 0.2) is 5.96 Å². The average molecular weight is 397 g/mol. The van der Waals surface area contributed by atoms with Crippen molar-refractivity contribution in [2.75, 3.05) is 46.4 Å². The van der Waals surface area contributed by atoms with Crippen LogP contribution in [0.2, 0.25) is 0 Å². The largest absolute Gasteiger partial charge is 0.377 e. The number of aliphatic imine (C=N–C) groups is 1. The van der Waals surface area contributed by atoms with E-state index in [0.717, 1.165) is 64.6 Å². The Labute approximate surface area is 172 Å². The summed E-state index contributed by atoms with van der Waals surface area (Å²) in [6.45, 7) is 17.0. The number of ether oxygens (including phenoxy) is 2. The normalized spacial score (nSPS) is 25.9. The summed E-state index contributed by atoms with van der Waals surface area (Å²) in [4.78, 5) is 6.97. The van der Waals surface area contributed by atoms with Gasteiger partial charge in [0.2, 0.25) is 0 Å². The van der Waals surface area contributed by atoms with Crippen molar-refractivity contribution in [1.82, 2.24) is 15.5 Å². The van der Waals surface area contributed by atoms with Gasteiger partial charge in [-0.25, -0.2) is 0 Å². The summed E-state index contributed by atoms with van der Waals surface area (Å²) < 4.78 is 11.8. The standard InChI is InChI=1S/C22H44N4O2/c1-17(2)27-15-13-26-11-9-19(10-12-26)25-21(23-6)24-16-18-8-7-14-28-20(18)22(3,4)5/h17-20H,7-16H2,1-6H3,(H2,23,24,25). The van der Waals surface area contributed by atoms with E-state index in [1.54, 1.807) is 0 Å². The minimum atomic E-state index is 0.176. The molecule has 6 heteroatoms. The molecule has 164 valence electrons. The molecule has 0 saturated carbocycles. The lowest BCUT2D eigenvalue weighted by Crippen LogP contribution is -2.51. The fourth-order valence-electron chi connectivity index (χ4n) is 4.34. The lowest BCUT2D eigenvalue weighted by molar-refractivity contribution is -0.0835. The minimum absolute atomic E-state index is 0.176. The summed E-state index contributed by atoms with van der Waals surface area (Å²) in [5, 5.41) is 7.21. The van der Waals surface area contributed by atoms with Gasteiger partial charge in [0, 0.05) is 51.8 Å². The first-order valence-corrected chi connectivity index (χ1v) is 11.2. The number of nitrogens with zero attached hydrogens (tertiary/aromatic N) is 2. The highest BCUT2D eigenvalue weighted by Crippen LogP contribution is 2.33. The first-order valence-electron chi connectivity index (χ1n) is 11.2. The summed E-state index contributed by atoms with van der Waals surface area (Å²) in [6.07, 6.45) is 5.32. The molecule has 2 fully saturated rings. The van der Waals surface area contributed by atoms with Gasteiger partial charge in [-0.1, -0.05) is 20.8 Å². The molecule has 2 unspecified atom stereocenters. The van der Waals surface area contributed by atoms with Crippen LogP contribution in [0.5, 0.6) is 0 Å². The Balaban J connectivity index is 1.71. The zero-order valence-corrected chi connectivity index (χ0v) is 19.1. The van der Waals surface area contributed by atoms with Crippen molar-refractivity contribution >= 4 is 5.96 Å². The van der Waals surface area contributed by atoms with Gasteiger partial charge in [0.25, 0.3) is 0 Å². The third kappa shape index (κ3) is 7.88. The van der Waals surface area contributed by atoms with E-state index < -0.39 is 0 Å². The van der Waals surface area contributed by atoms with Crippen LogP contribution in [-0.2, 0) is 9.47 Å². The smallest absolute Gasteiger partial charge is 0.191 e. The number of likely N-dealkylation sites (tertiary alicyclic amines) is 1. The highest BCUT2D eigenvalue weighted by molar-refractivity contribution is 5.79. The first kappa shape index (κ1) is 23.4. The predicted molar refractivity (Wildman–Crippen MR) is 117 cm³/mol. The molecule has 2 rings (SSSR count). The van der Waals surface area contributed by atoms with E-state index in [1.807, 2.05) is 7.05 Å². The Kier molecular flexibility index (Phi) is 9.51. The molecular weight excluding hydrogens is 352 g/mol. The lowest BCUT2D eigenvalue weighted by atomic mass is 9.78. The van der Waals surface area contributed by atoms with E-state index in [9.17, 15) is 0 Å². The van der Waals surface area contributed by atoms with Gasteiger partial charge in [0.05, 0.1) is 18.8 Å². The molecule has 0 aromatic carbocycles. The third-order valence-electron chi connectivity index (χ3n) is 5.84. The third-order valence-corrected chi connectivity index (χ3v) is 5.84. The van der Waals surface area contributed by atoms with Gasteiger partial charge in [0.1, 0.15) is 0 Å². The minimum Gasteiger partial charge on any atom is -0.377 e. The van der Waals surface area contributed by atoms with Gasteiger partial charge in [-0.15, -0.1) is 0 Å². The molecule has 0 aromatic heterocycles. The highest BCUT2D eigenvalue weighted by atomic mass is 16.5. The van der Waals surface area contributed by atoms with E-state index in [0.29, 0.717) is 24.2 Å². The lowest BCUT2D eigenvalue weighted by Gasteiger charge is -2.40. The van der Waals surface area contributed by atoms with Crippen molar-refractivity contribution in [2.45, 2.75) is 78.6 Å². The molecule has 2 atom stereocenters. The van der Waals surface area contributed by atoms with E-state index in [-0.39, 0.29) is 5.41 Å². The number of nitrogens with one attached hydrogen (secondary N) is 2. The topological polar surface area (TPSA) is 58.1 Å². The second-order valence-corrected chi connectivity index (χ2v) is 9.69. The van der Waals surface area contributed by atoms with Gasteiger partial charge in [-0.05, 0) is 44.9 Å². The van der Waals surface area contributed by atoms with Crippen LogP contribution in [-0.4, -0.2) is 75.5 Å². The zero-order chi connectivity index (χ0) is 20.6. The van der Waals surface area contributed by atoms with Crippen molar-refractivity contribution in [3.05, 3.63) is 0 Å². The molecule has 0 radical (unpaired) electrons. The van der Waals surface area contributed by atoms with Crippen molar-refractivity contribution in [3.8, 4) is 0 Å². The van der Waals surface area contributed by atoms with E-state index >= 15 is 0 Å². The average Bonchev–Trinajstić information content (AvgIpc) is 2.65. The quantitative estimate of drug-likeness (QED) is 0.512. The Hall–Kier alpha value is -0.850. The Morgan fingerprint density at radius 2 is 1.93 bits per heavy atom. The number of guanidine groups is 1. The molecule has 0 bridgehead atoms. The van der Waals surface area contributed by atoms with E-state index in [2.05, 4.69) is 55.1 Å². The van der Waals surface area contributed by atoms with Gasteiger partial charge in [-0.3, -0.25) is 4.99 Å². The number of hydrogen-bond acceptors (Lipinski definition) is 4. The molecule has 2 heterocycles. The maximum absolute atomic E-state index is 6.11. The summed E-state index contributed by atoms with van der Waals surface area (Å²) in [5.74, 6) is 1.47. The van der Waals surface area contributed by atoms with Crippen LogP contribution in [0.25, 0.3) is 0 Å². The second-order valence-electron chi connectivity index (χ2n) is 9.69.